The van der Waals surface area contributed by atoms with Gasteiger partial charge in [0.25, 0.3) is 0 Å². The SMILES string of the molecule is CN1CCN(c2ccc(NC(=O)C3CCN(S(=O)(=O)c4ccc5ccccc5c4)CC3)cc2)CC1. The Morgan fingerprint density at radius 1 is 0.829 bits per heavy atom. The van der Waals surface area contributed by atoms with Gasteiger partial charge >= 0.3 is 0 Å². The second kappa shape index (κ2) is 9.97. The smallest absolute Gasteiger partial charge is 0.243 e. The normalized spacial score (nSPS) is 18.6. The number of carbonyl (C=O) groups excluding carboxylic acids is 1. The molecule has 2 fully saturated rings. The fourth-order valence-corrected chi connectivity index (χ4v) is 6.41. The van der Waals surface area contributed by atoms with E-state index in [9.17, 15) is 13.2 Å². The molecule has 5 rings (SSSR count). The van der Waals surface area contributed by atoms with Gasteiger partial charge in [-0.25, -0.2) is 8.42 Å². The zero-order valence-corrected chi connectivity index (χ0v) is 20.9. The van der Waals surface area contributed by atoms with E-state index in [1.807, 2.05) is 42.5 Å². The molecule has 3 aromatic carbocycles. The highest BCUT2D eigenvalue weighted by atomic mass is 32.2. The van der Waals surface area contributed by atoms with Gasteiger partial charge in [-0.1, -0.05) is 30.3 Å². The van der Waals surface area contributed by atoms with Crippen molar-refractivity contribution in [3.05, 3.63) is 66.7 Å². The van der Waals surface area contributed by atoms with Crippen LogP contribution in [-0.2, 0) is 14.8 Å². The number of piperidine rings is 1. The van der Waals surface area contributed by atoms with E-state index < -0.39 is 10.0 Å². The first-order valence-electron chi connectivity index (χ1n) is 12.2. The number of fused-ring (bicyclic) bond motifs is 1. The number of anilines is 2. The maximum Gasteiger partial charge on any atom is 0.243 e. The minimum atomic E-state index is -3.59. The van der Waals surface area contributed by atoms with Crippen LogP contribution >= 0.6 is 0 Å². The molecular formula is C27H32N4O3S. The zero-order valence-electron chi connectivity index (χ0n) is 20.1. The number of benzene rings is 3. The molecule has 7 nitrogen and oxygen atoms in total. The third kappa shape index (κ3) is 5.19. The Kier molecular flexibility index (Phi) is 6.77. The van der Waals surface area contributed by atoms with E-state index in [1.54, 1.807) is 12.1 Å². The van der Waals surface area contributed by atoms with Crippen LogP contribution in [0.4, 0.5) is 11.4 Å². The summed E-state index contributed by atoms with van der Waals surface area (Å²) < 4.78 is 27.9. The highest BCUT2D eigenvalue weighted by Gasteiger charge is 2.32. The van der Waals surface area contributed by atoms with Crippen LogP contribution < -0.4 is 10.2 Å². The molecule has 0 aromatic heterocycles. The summed E-state index contributed by atoms with van der Waals surface area (Å²) >= 11 is 0. The van der Waals surface area contributed by atoms with Gasteiger partial charge in [0.2, 0.25) is 15.9 Å². The number of sulfonamides is 1. The average Bonchev–Trinajstić information content (AvgIpc) is 2.89. The Hall–Kier alpha value is -2.94. The van der Waals surface area contributed by atoms with E-state index in [4.69, 9.17) is 0 Å². The fourth-order valence-electron chi connectivity index (χ4n) is 4.90. The Morgan fingerprint density at radius 3 is 2.17 bits per heavy atom. The molecule has 2 aliphatic rings. The van der Waals surface area contributed by atoms with E-state index >= 15 is 0 Å². The molecule has 1 N–H and O–H groups in total. The van der Waals surface area contributed by atoms with Crippen LogP contribution in [0.2, 0.25) is 0 Å². The van der Waals surface area contributed by atoms with Crippen LogP contribution in [0.15, 0.2) is 71.6 Å². The van der Waals surface area contributed by atoms with Crippen LogP contribution in [0.5, 0.6) is 0 Å². The number of hydrogen-bond acceptors (Lipinski definition) is 5. The van der Waals surface area contributed by atoms with Crippen molar-refractivity contribution in [2.45, 2.75) is 17.7 Å². The topological polar surface area (TPSA) is 73.0 Å². The molecule has 1 amide bonds. The predicted molar refractivity (Wildman–Crippen MR) is 140 cm³/mol. The summed E-state index contributed by atoms with van der Waals surface area (Å²) in [5, 5.41) is 4.94. The van der Waals surface area contributed by atoms with Crippen LogP contribution in [0.25, 0.3) is 10.8 Å². The number of piperazine rings is 1. The molecule has 0 aliphatic carbocycles. The van der Waals surface area contributed by atoms with Gasteiger partial charge in [0.05, 0.1) is 4.90 Å². The fraction of sp³-hybridized carbons (Fsp3) is 0.370. The second-order valence-corrected chi connectivity index (χ2v) is 11.5. The minimum absolute atomic E-state index is 0.0416. The van der Waals surface area contributed by atoms with Crippen molar-refractivity contribution in [1.82, 2.24) is 9.21 Å². The highest BCUT2D eigenvalue weighted by Crippen LogP contribution is 2.27. The molecular weight excluding hydrogens is 460 g/mol. The summed E-state index contributed by atoms with van der Waals surface area (Å²) in [4.78, 5) is 17.9. The molecule has 3 aromatic rings. The van der Waals surface area contributed by atoms with Gasteiger partial charge in [0.15, 0.2) is 0 Å². The molecule has 0 spiro atoms. The molecule has 0 atom stereocenters. The quantitative estimate of drug-likeness (QED) is 0.589. The molecule has 2 saturated heterocycles. The number of nitrogens with one attached hydrogen (secondary N) is 1. The maximum absolute atomic E-state index is 13.2. The molecule has 0 bridgehead atoms. The molecule has 184 valence electrons. The summed E-state index contributed by atoms with van der Waals surface area (Å²) in [6.07, 6.45) is 1.02. The lowest BCUT2D eigenvalue weighted by molar-refractivity contribution is -0.120. The third-order valence-corrected chi connectivity index (χ3v) is 9.08. The van der Waals surface area contributed by atoms with Crippen molar-refractivity contribution in [3.63, 3.8) is 0 Å². The van der Waals surface area contributed by atoms with Gasteiger partial charge in [-0.05, 0) is 67.1 Å². The second-order valence-electron chi connectivity index (χ2n) is 9.51. The van der Waals surface area contributed by atoms with E-state index in [1.165, 1.54) is 9.99 Å². The Labute approximate surface area is 207 Å². The van der Waals surface area contributed by atoms with E-state index in [0.717, 1.165) is 42.6 Å². The molecule has 8 heteroatoms. The van der Waals surface area contributed by atoms with Crippen LogP contribution in [0, 0.1) is 5.92 Å². The number of amides is 1. The number of nitrogens with zero attached hydrogens (tertiary/aromatic N) is 3. The summed E-state index contributed by atoms with van der Waals surface area (Å²) in [6, 6.07) is 21.0. The first-order valence-corrected chi connectivity index (χ1v) is 13.7. The van der Waals surface area contributed by atoms with Crippen LogP contribution in [0.1, 0.15) is 12.8 Å². The van der Waals surface area contributed by atoms with Gasteiger partial charge in [-0.15, -0.1) is 0 Å². The number of carbonyl (C=O) groups is 1. The van der Waals surface area contributed by atoms with Gasteiger partial charge in [0, 0.05) is 56.6 Å². The Morgan fingerprint density at radius 2 is 1.49 bits per heavy atom. The third-order valence-electron chi connectivity index (χ3n) is 7.19. The van der Waals surface area contributed by atoms with Gasteiger partial charge < -0.3 is 15.1 Å². The number of likely N-dealkylation sites (N-methyl/N-ethyl adjacent to an activating group) is 1. The summed E-state index contributed by atoms with van der Waals surface area (Å²) in [5.74, 6) is -0.240. The van der Waals surface area contributed by atoms with Gasteiger partial charge in [-0.3, -0.25) is 4.79 Å². The van der Waals surface area contributed by atoms with E-state index in [2.05, 4.69) is 34.3 Å². The largest absolute Gasteiger partial charge is 0.369 e. The van der Waals surface area contributed by atoms with Crippen molar-refractivity contribution >= 4 is 38.1 Å². The lowest BCUT2D eigenvalue weighted by Gasteiger charge is -2.34. The van der Waals surface area contributed by atoms with Crippen LogP contribution in [0.3, 0.4) is 0 Å². The maximum atomic E-state index is 13.2. The molecule has 0 unspecified atom stereocenters. The molecule has 2 heterocycles. The van der Waals surface area contributed by atoms with Crippen molar-refractivity contribution < 1.29 is 13.2 Å². The summed E-state index contributed by atoms with van der Waals surface area (Å²) in [7, 11) is -1.45. The first kappa shape index (κ1) is 23.8. The van der Waals surface area contributed by atoms with E-state index in [0.29, 0.717) is 30.8 Å². The minimum Gasteiger partial charge on any atom is -0.369 e. The lowest BCUT2D eigenvalue weighted by Crippen LogP contribution is -2.44. The first-order chi connectivity index (χ1) is 16.9. The average molecular weight is 493 g/mol. The summed E-state index contributed by atoms with van der Waals surface area (Å²) in [5.41, 5.74) is 1.95. The monoisotopic (exact) mass is 492 g/mol. The van der Waals surface area contributed by atoms with Gasteiger partial charge in [-0.2, -0.15) is 4.31 Å². The number of hydrogen-bond donors (Lipinski definition) is 1. The standard InChI is InChI=1S/C27H32N4O3S/c1-29-16-18-30(19-17-29)25-9-7-24(8-10-25)28-27(32)22-12-14-31(15-13-22)35(33,34)26-11-6-21-4-2-3-5-23(21)20-26/h2-11,20,22H,12-19H2,1H3,(H,28,32). The van der Waals surface area contributed by atoms with Gasteiger partial charge in [0.1, 0.15) is 0 Å². The van der Waals surface area contributed by atoms with Crippen molar-refractivity contribution in [2.24, 2.45) is 5.92 Å². The van der Waals surface area contributed by atoms with Crippen molar-refractivity contribution in [3.8, 4) is 0 Å². The van der Waals surface area contributed by atoms with Crippen LogP contribution in [-0.4, -0.2) is 69.8 Å². The molecule has 0 saturated carbocycles. The zero-order chi connectivity index (χ0) is 24.4. The Balaban J connectivity index is 1.17. The molecule has 2 aliphatic heterocycles. The Bertz CT molecular complexity index is 1290. The molecule has 35 heavy (non-hydrogen) atoms. The molecule has 0 radical (unpaired) electrons. The lowest BCUT2D eigenvalue weighted by atomic mass is 9.97. The summed E-state index contributed by atoms with van der Waals surface area (Å²) in [6.45, 7) is 4.79. The number of rotatable bonds is 5. The van der Waals surface area contributed by atoms with Crippen molar-refractivity contribution in [2.75, 3.05) is 56.5 Å². The highest BCUT2D eigenvalue weighted by molar-refractivity contribution is 7.89. The van der Waals surface area contributed by atoms with E-state index in [-0.39, 0.29) is 11.8 Å². The predicted octanol–water partition coefficient (Wildman–Crippen LogP) is 3.63. The van der Waals surface area contributed by atoms with Crippen molar-refractivity contribution in [1.29, 1.82) is 0 Å².